The summed E-state index contributed by atoms with van der Waals surface area (Å²) in [5.74, 6) is -0.474. The maximum atomic E-state index is 12.4. The van der Waals surface area contributed by atoms with Crippen molar-refractivity contribution in [3.05, 3.63) is 0 Å². The standard InChI is InChI=1S/C13H24N2O3/c1-10-6-5-7-14(8-10)12(18)15(9-11(16)17)13(2,3)4/h10H,5-9H2,1-4H3,(H,16,17). The van der Waals surface area contributed by atoms with Crippen LogP contribution in [0.5, 0.6) is 0 Å². The van der Waals surface area contributed by atoms with Crippen molar-refractivity contribution >= 4 is 12.0 Å². The molecule has 1 aliphatic heterocycles. The van der Waals surface area contributed by atoms with Gasteiger partial charge in [0.05, 0.1) is 0 Å². The number of carbonyl (C=O) groups excluding carboxylic acids is 1. The van der Waals surface area contributed by atoms with Crippen LogP contribution in [0.2, 0.25) is 0 Å². The molecule has 0 saturated carbocycles. The van der Waals surface area contributed by atoms with E-state index < -0.39 is 11.5 Å². The van der Waals surface area contributed by atoms with Crippen LogP contribution in [0.4, 0.5) is 4.79 Å². The molecule has 1 atom stereocenters. The molecule has 1 rings (SSSR count). The summed E-state index contributed by atoms with van der Waals surface area (Å²) in [6.45, 7) is 8.93. The molecule has 5 nitrogen and oxygen atoms in total. The highest BCUT2D eigenvalue weighted by molar-refractivity contribution is 5.81. The van der Waals surface area contributed by atoms with E-state index in [9.17, 15) is 9.59 Å². The van der Waals surface area contributed by atoms with Gasteiger partial charge in [-0.2, -0.15) is 0 Å². The fourth-order valence-corrected chi connectivity index (χ4v) is 2.26. The maximum Gasteiger partial charge on any atom is 0.323 e. The maximum absolute atomic E-state index is 12.4. The van der Waals surface area contributed by atoms with E-state index in [1.165, 1.54) is 4.90 Å². The first-order chi connectivity index (χ1) is 8.21. The molecule has 0 bridgehead atoms. The minimum Gasteiger partial charge on any atom is -0.480 e. The number of urea groups is 1. The largest absolute Gasteiger partial charge is 0.480 e. The number of amides is 2. The monoisotopic (exact) mass is 256 g/mol. The lowest BCUT2D eigenvalue weighted by atomic mass is 10.00. The Morgan fingerprint density at radius 1 is 1.39 bits per heavy atom. The Morgan fingerprint density at radius 3 is 2.44 bits per heavy atom. The van der Waals surface area contributed by atoms with Crippen LogP contribution < -0.4 is 0 Å². The molecular weight excluding hydrogens is 232 g/mol. The lowest BCUT2D eigenvalue weighted by Crippen LogP contribution is -2.55. The number of nitrogens with zero attached hydrogens (tertiary/aromatic N) is 2. The quantitative estimate of drug-likeness (QED) is 0.822. The molecular formula is C13H24N2O3. The van der Waals surface area contributed by atoms with Gasteiger partial charge in [-0.1, -0.05) is 6.92 Å². The highest BCUT2D eigenvalue weighted by Crippen LogP contribution is 2.21. The van der Waals surface area contributed by atoms with Gasteiger partial charge in [-0.25, -0.2) is 4.79 Å². The topological polar surface area (TPSA) is 60.9 Å². The molecule has 1 aliphatic rings. The molecule has 2 amide bonds. The normalized spacial score (nSPS) is 20.7. The predicted octanol–water partition coefficient (Wildman–Crippen LogP) is 2.02. The van der Waals surface area contributed by atoms with Crippen molar-refractivity contribution in [2.24, 2.45) is 5.92 Å². The minimum atomic E-state index is -0.969. The molecule has 0 aromatic heterocycles. The molecule has 0 aromatic carbocycles. The smallest absolute Gasteiger partial charge is 0.323 e. The van der Waals surface area contributed by atoms with Gasteiger partial charge in [0.15, 0.2) is 0 Å². The number of carboxylic acid groups (broad SMARTS) is 1. The molecule has 0 radical (unpaired) electrons. The van der Waals surface area contributed by atoms with Gasteiger partial charge in [-0.05, 0) is 39.5 Å². The summed E-state index contributed by atoms with van der Waals surface area (Å²) in [5, 5.41) is 8.93. The number of carbonyl (C=O) groups is 2. The lowest BCUT2D eigenvalue weighted by molar-refractivity contribution is -0.138. The molecule has 0 spiro atoms. The van der Waals surface area contributed by atoms with E-state index in [1.807, 2.05) is 20.8 Å². The summed E-state index contributed by atoms with van der Waals surface area (Å²) < 4.78 is 0. The first-order valence-corrected chi connectivity index (χ1v) is 6.50. The molecule has 0 aromatic rings. The van der Waals surface area contributed by atoms with Gasteiger partial charge in [-0.15, -0.1) is 0 Å². The second-order valence-corrected chi connectivity index (χ2v) is 6.13. The SMILES string of the molecule is CC1CCCN(C(=O)N(CC(=O)O)C(C)(C)C)C1. The summed E-state index contributed by atoms with van der Waals surface area (Å²) in [4.78, 5) is 26.5. The van der Waals surface area contributed by atoms with E-state index in [4.69, 9.17) is 5.11 Å². The summed E-state index contributed by atoms with van der Waals surface area (Å²) in [7, 11) is 0. The average molecular weight is 256 g/mol. The van der Waals surface area contributed by atoms with Crippen molar-refractivity contribution in [3.63, 3.8) is 0 Å². The van der Waals surface area contributed by atoms with Crippen molar-refractivity contribution in [2.75, 3.05) is 19.6 Å². The number of hydrogen-bond donors (Lipinski definition) is 1. The third-order valence-corrected chi connectivity index (χ3v) is 3.26. The summed E-state index contributed by atoms with van der Waals surface area (Å²) in [6, 6.07) is -0.156. The molecule has 1 saturated heterocycles. The Labute approximate surface area is 109 Å². The van der Waals surface area contributed by atoms with Crippen molar-refractivity contribution in [1.82, 2.24) is 9.80 Å². The van der Waals surface area contributed by atoms with Crippen molar-refractivity contribution in [1.29, 1.82) is 0 Å². The van der Waals surface area contributed by atoms with Crippen LogP contribution in [0.1, 0.15) is 40.5 Å². The molecule has 1 fully saturated rings. The van der Waals surface area contributed by atoms with Crippen LogP contribution >= 0.6 is 0 Å². The summed E-state index contributed by atoms with van der Waals surface area (Å²) in [6.07, 6.45) is 2.14. The van der Waals surface area contributed by atoms with Gasteiger partial charge in [0, 0.05) is 18.6 Å². The van der Waals surface area contributed by atoms with Crippen LogP contribution in [-0.4, -0.2) is 52.1 Å². The number of piperidine rings is 1. The molecule has 1 unspecified atom stereocenters. The number of likely N-dealkylation sites (tertiary alicyclic amines) is 1. The van der Waals surface area contributed by atoms with E-state index >= 15 is 0 Å². The zero-order valence-corrected chi connectivity index (χ0v) is 11.8. The number of rotatable bonds is 2. The van der Waals surface area contributed by atoms with E-state index in [0.717, 1.165) is 25.9 Å². The van der Waals surface area contributed by atoms with Gasteiger partial charge >= 0.3 is 12.0 Å². The number of hydrogen-bond acceptors (Lipinski definition) is 2. The zero-order valence-electron chi connectivity index (χ0n) is 11.8. The Kier molecular flexibility index (Phi) is 4.59. The third-order valence-electron chi connectivity index (χ3n) is 3.26. The number of carboxylic acids is 1. The van der Waals surface area contributed by atoms with Gasteiger partial charge in [-0.3, -0.25) is 4.79 Å². The van der Waals surface area contributed by atoms with Gasteiger partial charge < -0.3 is 14.9 Å². The van der Waals surface area contributed by atoms with E-state index in [0.29, 0.717) is 5.92 Å². The Morgan fingerprint density at radius 2 is 2.00 bits per heavy atom. The molecule has 1 heterocycles. The fourth-order valence-electron chi connectivity index (χ4n) is 2.26. The van der Waals surface area contributed by atoms with E-state index in [2.05, 4.69) is 6.92 Å². The Balaban J connectivity index is 2.78. The van der Waals surface area contributed by atoms with Crippen LogP contribution in [0, 0.1) is 5.92 Å². The van der Waals surface area contributed by atoms with E-state index in [-0.39, 0.29) is 12.6 Å². The zero-order chi connectivity index (χ0) is 13.9. The highest BCUT2D eigenvalue weighted by Gasteiger charge is 2.33. The van der Waals surface area contributed by atoms with Gasteiger partial charge in [0.2, 0.25) is 0 Å². The summed E-state index contributed by atoms with van der Waals surface area (Å²) in [5.41, 5.74) is -0.476. The molecule has 104 valence electrons. The van der Waals surface area contributed by atoms with Crippen molar-refractivity contribution in [3.8, 4) is 0 Å². The molecule has 0 aliphatic carbocycles. The molecule has 18 heavy (non-hydrogen) atoms. The Bertz CT molecular complexity index is 323. The van der Waals surface area contributed by atoms with Gasteiger partial charge in [0.1, 0.15) is 6.54 Å². The highest BCUT2D eigenvalue weighted by atomic mass is 16.4. The van der Waals surface area contributed by atoms with E-state index in [1.54, 1.807) is 4.90 Å². The third kappa shape index (κ3) is 3.89. The predicted molar refractivity (Wildman–Crippen MR) is 69.5 cm³/mol. The van der Waals surface area contributed by atoms with Gasteiger partial charge in [0.25, 0.3) is 0 Å². The Hall–Kier alpha value is -1.26. The summed E-state index contributed by atoms with van der Waals surface area (Å²) >= 11 is 0. The van der Waals surface area contributed by atoms with Crippen LogP contribution in [0.15, 0.2) is 0 Å². The number of aliphatic carboxylic acids is 1. The molecule has 5 heteroatoms. The van der Waals surface area contributed by atoms with Crippen LogP contribution in [0.25, 0.3) is 0 Å². The van der Waals surface area contributed by atoms with Crippen molar-refractivity contribution < 1.29 is 14.7 Å². The first-order valence-electron chi connectivity index (χ1n) is 6.50. The second-order valence-electron chi connectivity index (χ2n) is 6.13. The second kappa shape index (κ2) is 5.59. The van der Waals surface area contributed by atoms with Crippen molar-refractivity contribution in [2.45, 2.75) is 46.1 Å². The molecule has 1 N–H and O–H groups in total. The van der Waals surface area contributed by atoms with Crippen LogP contribution in [-0.2, 0) is 4.79 Å². The minimum absolute atomic E-state index is 0.156. The first kappa shape index (κ1) is 14.8. The average Bonchev–Trinajstić information content (AvgIpc) is 2.23. The lowest BCUT2D eigenvalue weighted by Gasteiger charge is -2.40. The van der Waals surface area contributed by atoms with Crippen LogP contribution in [0.3, 0.4) is 0 Å². The fraction of sp³-hybridized carbons (Fsp3) is 0.846.